The van der Waals surface area contributed by atoms with Crippen LogP contribution in [-0.2, 0) is 45.7 Å². The van der Waals surface area contributed by atoms with E-state index in [2.05, 4.69) is 31.5 Å². The molecule has 0 radical (unpaired) electrons. The SMILES string of the molecule is CO[Si](CCCNC(=O)CCNC(=O)C(C)(C)N=NC(C)(C)C(=O)NCCC(=O)NCCC[Si](OC)(OC)OC)(OC)OC. The van der Waals surface area contributed by atoms with E-state index in [1.807, 2.05) is 0 Å². The fraction of sp³-hybridized carbons (Fsp3) is 0.846. The Hall–Kier alpha value is -2.33. The summed E-state index contributed by atoms with van der Waals surface area (Å²) in [7, 11) is 3.83. The zero-order valence-electron chi connectivity index (χ0n) is 28.0. The largest absolute Gasteiger partial charge is 0.500 e. The van der Waals surface area contributed by atoms with E-state index in [1.54, 1.807) is 27.7 Å². The normalized spacial score (nSPS) is 12.7. The molecule has 0 aliphatic rings. The summed E-state index contributed by atoms with van der Waals surface area (Å²) in [5.41, 5.74) is -2.56. The second-order valence-corrected chi connectivity index (χ2v) is 17.0. The number of rotatable bonds is 24. The van der Waals surface area contributed by atoms with Gasteiger partial charge in [0.1, 0.15) is 0 Å². The number of hydrogen-bond acceptors (Lipinski definition) is 12. The van der Waals surface area contributed by atoms with Crippen molar-refractivity contribution in [2.24, 2.45) is 10.2 Å². The molecule has 0 aliphatic carbocycles. The highest BCUT2D eigenvalue weighted by molar-refractivity contribution is 6.60. The summed E-state index contributed by atoms with van der Waals surface area (Å²) in [5.74, 6) is -1.33. The number of carbonyl (C=O) groups excluding carboxylic acids is 4. The Bertz CT molecular complexity index is 842. The molecule has 0 unspecified atom stereocenters. The molecule has 4 amide bonds. The lowest BCUT2D eigenvalue weighted by Gasteiger charge is -2.24. The van der Waals surface area contributed by atoms with Gasteiger partial charge in [0.15, 0.2) is 11.1 Å². The van der Waals surface area contributed by atoms with Gasteiger partial charge in [0.25, 0.3) is 0 Å². The van der Waals surface area contributed by atoms with Gasteiger partial charge in [-0.05, 0) is 40.5 Å². The van der Waals surface area contributed by atoms with Crippen LogP contribution >= 0.6 is 0 Å². The summed E-state index contributed by atoms with van der Waals surface area (Å²) in [6, 6.07) is 1.11. The molecule has 0 bridgehead atoms. The molecule has 0 aromatic carbocycles. The summed E-state index contributed by atoms with van der Waals surface area (Å²) in [6.45, 7) is 7.27. The average molecular weight is 667 g/mol. The Balaban J connectivity index is 4.49. The van der Waals surface area contributed by atoms with Gasteiger partial charge in [0.2, 0.25) is 23.6 Å². The summed E-state index contributed by atoms with van der Waals surface area (Å²) in [6.07, 6.45) is 1.40. The van der Waals surface area contributed by atoms with Gasteiger partial charge in [0, 0.05) is 93.8 Å². The lowest BCUT2D eigenvalue weighted by Crippen LogP contribution is -2.45. The molecule has 16 nitrogen and oxygen atoms in total. The molecule has 0 aliphatic heterocycles. The van der Waals surface area contributed by atoms with Crippen molar-refractivity contribution in [1.82, 2.24) is 21.3 Å². The molecule has 0 heterocycles. The molecule has 0 atom stereocenters. The molecule has 0 saturated carbocycles. The number of nitrogens with zero attached hydrogens (tertiary/aromatic N) is 2. The predicted molar refractivity (Wildman–Crippen MR) is 167 cm³/mol. The summed E-state index contributed by atoms with van der Waals surface area (Å²) in [4.78, 5) is 49.6. The lowest BCUT2D eigenvalue weighted by atomic mass is 10.0. The van der Waals surface area contributed by atoms with Gasteiger partial charge in [-0.25, -0.2) is 0 Å². The van der Waals surface area contributed by atoms with Crippen LogP contribution in [0.5, 0.6) is 0 Å². The fourth-order valence-corrected chi connectivity index (χ4v) is 7.15. The van der Waals surface area contributed by atoms with Crippen LogP contribution in [0.4, 0.5) is 0 Å². The Morgan fingerprint density at radius 2 is 0.818 bits per heavy atom. The topological polar surface area (TPSA) is 196 Å². The second-order valence-electron chi connectivity index (χ2n) is 10.8. The van der Waals surface area contributed by atoms with Gasteiger partial charge in [-0.15, -0.1) is 0 Å². The predicted octanol–water partition coefficient (Wildman–Crippen LogP) is 0.777. The summed E-state index contributed by atoms with van der Waals surface area (Å²) in [5, 5.41) is 19.1. The zero-order chi connectivity index (χ0) is 33.9. The first-order chi connectivity index (χ1) is 20.6. The van der Waals surface area contributed by atoms with Crippen molar-refractivity contribution in [3.63, 3.8) is 0 Å². The van der Waals surface area contributed by atoms with Crippen molar-refractivity contribution < 1.29 is 45.7 Å². The Morgan fingerprint density at radius 3 is 1.09 bits per heavy atom. The van der Waals surface area contributed by atoms with Crippen molar-refractivity contribution in [3.05, 3.63) is 0 Å². The van der Waals surface area contributed by atoms with Crippen LogP contribution < -0.4 is 21.3 Å². The van der Waals surface area contributed by atoms with E-state index in [0.29, 0.717) is 38.0 Å². The Kier molecular flexibility index (Phi) is 19.6. The first kappa shape index (κ1) is 41.7. The van der Waals surface area contributed by atoms with Crippen LogP contribution in [-0.4, -0.2) is 121 Å². The van der Waals surface area contributed by atoms with Gasteiger partial charge in [-0.3, -0.25) is 19.2 Å². The minimum atomic E-state index is -2.68. The molecule has 0 aromatic heterocycles. The number of azo groups is 1. The van der Waals surface area contributed by atoms with E-state index in [9.17, 15) is 19.2 Å². The molecule has 44 heavy (non-hydrogen) atoms. The zero-order valence-corrected chi connectivity index (χ0v) is 30.0. The first-order valence-corrected chi connectivity index (χ1v) is 18.3. The highest BCUT2D eigenvalue weighted by atomic mass is 28.4. The van der Waals surface area contributed by atoms with Gasteiger partial charge in [0.05, 0.1) is 0 Å². The van der Waals surface area contributed by atoms with Gasteiger partial charge in [-0.1, -0.05) is 0 Å². The van der Waals surface area contributed by atoms with Crippen LogP contribution in [0.3, 0.4) is 0 Å². The maximum absolute atomic E-state index is 12.7. The van der Waals surface area contributed by atoms with Crippen LogP contribution in [0.15, 0.2) is 10.2 Å². The van der Waals surface area contributed by atoms with Crippen molar-refractivity contribution in [3.8, 4) is 0 Å². The van der Waals surface area contributed by atoms with Crippen molar-refractivity contribution in [1.29, 1.82) is 0 Å². The number of carbonyl (C=O) groups is 4. The number of hydrogen-bond donors (Lipinski definition) is 4. The summed E-state index contributed by atoms with van der Waals surface area (Å²) >= 11 is 0. The highest BCUT2D eigenvalue weighted by Crippen LogP contribution is 2.17. The Morgan fingerprint density at radius 1 is 0.523 bits per heavy atom. The van der Waals surface area contributed by atoms with Gasteiger partial charge in [-0.2, -0.15) is 10.2 Å². The fourth-order valence-electron chi connectivity index (χ4n) is 3.71. The van der Waals surface area contributed by atoms with E-state index in [1.165, 1.54) is 42.7 Å². The highest BCUT2D eigenvalue weighted by Gasteiger charge is 2.38. The molecule has 0 aromatic rings. The first-order valence-electron chi connectivity index (χ1n) is 14.5. The lowest BCUT2D eigenvalue weighted by molar-refractivity contribution is -0.128. The molecule has 0 spiro atoms. The summed E-state index contributed by atoms with van der Waals surface area (Å²) < 4.78 is 32.1. The quantitative estimate of drug-likeness (QED) is 0.0649. The second kappa shape index (κ2) is 20.7. The molecule has 0 saturated heterocycles. The standard InChI is InChI=1S/C26H54N6O10Si2/c1-25(2,23(35)29-17-13-21(33)27-15-11-19-43(37-5,38-6)39-7)31-32-26(3,4)24(36)30-18-14-22(34)28-16-12-20-44(40-8,41-9)42-10/h11-20H2,1-10H3,(H,27,33)(H,28,34)(H,29,35)(H,30,36). The Labute approximate surface area is 263 Å². The minimum absolute atomic E-state index is 0.0812. The number of amides is 4. The average Bonchev–Trinajstić information content (AvgIpc) is 3.01. The van der Waals surface area contributed by atoms with E-state index in [-0.39, 0.29) is 37.7 Å². The third-order valence-electron chi connectivity index (χ3n) is 6.77. The monoisotopic (exact) mass is 666 g/mol. The van der Waals surface area contributed by atoms with Crippen LogP contribution in [0.1, 0.15) is 53.4 Å². The van der Waals surface area contributed by atoms with Gasteiger partial charge < -0.3 is 47.8 Å². The minimum Gasteiger partial charge on any atom is -0.377 e. The van der Waals surface area contributed by atoms with Crippen LogP contribution in [0.25, 0.3) is 0 Å². The maximum Gasteiger partial charge on any atom is 0.500 e. The smallest absolute Gasteiger partial charge is 0.377 e. The third kappa shape index (κ3) is 15.1. The molecule has 18 heteroatoms. The molecule has 256 valence electrons. The third-order valence-corrected chi connectivity index (χ3v) is 12.4. The molecular formula is C26H54N6O10Si2. The molecule has 0 rings (SSSR count). The van der Waals surface area contributed by atoms with Crippen LogP contribution in [0.2, 0.25) is 12.1 Å². The van der Waals surface area contributed by atoms with E-state index >= 15 is 0 Å². The van der Waals surface area contributed by atoms with Crippen molar-refractivity contribution in [2.45, 2.75) is 76.5 Å². The van der Waals surface area contributed by atoms with Crippen molar-refractivity contribution in [2.75, 3.05) is 68.8 Å². The van der Waals surface area contributed by atoms with Crippen molar-refractivity contribution >= 4 is 41.2 Å². The van der Waals surface area contributed by atoms with E-state index in [0.717, 1.165) is 0 Å². The maximum atomic E-state index is 12.7. The van der Waals surface area contributed by atoms with E-state index < -0.39 is 40.5 Å². The van der Waals surface area contributed by atoms with Crippen LogP contribution in [0, 0.1) is 0 Å². The molecular weight excluding hydrogens is 612 g/mol. The molecule has 0 fully saturated rings. The van der Waals surface area contributed by atoms with E-state index in [4.69, 9.17) is 26.6 Å². The number of nitrogens with one attached hydrogen (secondary N) is 4. The molecule has 4 N–H and O–H groups in total. The van der Waals surface area contributed by atoms with Gasteiger partial charge >= 0.3 is 17.6 Å².